The van der Waals surface area contributed by atoms with Crippen LogP contribution in [-0.4, -0.2) is 40.6 Å². The van der Waals surface area contributed by atoms with Crippen molar-refractivity contribution in [3.63, 3.8) is 0 Å². The molecule has 0 radical (unpaired) electrons. The number of amides is 1. The summed E-state index contributed by atoms with van der Waals surface area (Å²) in [5.74, 6) is -0.237. The quantitative estimate of drug-likeness (QED) is 0.543. The highest BCUT2D eigenvalue weighted by Gasteiger charge is 2.18. The molecule has 1 amide bonds. The SMILES string of the molecule is CCCCCCC(C)NC(=O)c1cc(S(=O)(=O)NCCOC)ccc1C. The molecule has 0 heterocycles. The molecule has 1 aromatic carbocycles. The summed E-state index contributed by atoms with van der Waals surface area (Å²) in [6.45, 7) is 6.41. The lowest BCUT2D eigenvalue weighted by Crippen LogP contribution is -2.33. The number of benzene rings is 1. The number of hydrogen-bond donors (Lipinski definition) is 2. The van der Waals surface area contributed by atoms with Gasteiger partial charge < -0.3 is 10.1 Å². The van der Waals surface area contributed by atoms with Crippen LogP contribution in [0.1, 0.15) is 61.9 Å². The van der Waals surface area contributed by atoms with Crippen molar-refractivity contribution in [3.05, 3.63) is 29.3 Å². The van der Waals surface area contributed by atoms with Gasteiger partial charge in [0.2, 0.25) is 10.0 Å². The first-order chi connectivity index (χ1) is 12.3. The molecule has 1 rings (SSSR count). The van der Waals surface area contributed by atoms with Crippen molar-refractivity contribution in [1.82, 2.24) is 10.0 Å². The summed E-state index contributed by atoms with van der Waals surface area (Å²) < 4.78 is 32.0. The lowest BCUT2D eigenvalue weighted by atomic mass is 10.1. The topological polar surface area (TPSA) is 84.5 Å². The summed E-state index contributed by atoms with van der Waals surface area (Å²) in [7, 11) is -2.16. The largest absolute Gasteiger partial charge is 0.383 e. The second-order valence-corrected chi connectivity index (χ2v) is 8.36. The molecule has 26 heavy (non-hydrogen) atoms. The molecule has 0 saturated carbocycles. The van der Waals surface area contributed by atoms with Crippen LogP contribution in [0.2, 0.25) is 0 Å². The van der Waals surface area contributed by atoms with Gasteiger partial charge in [-0.1, -0.05) is 38.7 Å². The van der Waals surface area contributed by atoms with Crippen molar-refractivity contribution in [1.29, 1.82) is 0 Å². The minimum absolute atomic E-state index is 0.0545. The molecule has 1 unspecified atom stereocenters. The number of hydrogen-bond acceptors (Lipinski definition) is 4. The maximum atomic E-state index is 12.6. The van der Waals surface area contributed by atoms with E-state index in [1.165, 1.54) is 32.1 Å². The van der Waals surface area contributed by atoms with E-state index in [9.17, 15) is 13.2 Å². The molecule has 0 aliphatic heterocycles. The van der Waals surface area contributed by atoms with Crippen LogP contribution in [0.5, 0.6) is 0 Å². The third-order valence-corrected chi connectivity index (χ3v) is 5.69. The van der Waals surface area contributed by atoms with E-state index in [2.05, 4.69) is 17.0 Å². The summed E-state index contributed by atoms with van der Waals surface area (Å²) in [5, 5.41) is 2.97. The van der Waals surface area contributed by atoms with Crippen LogP contribution in [0.15, 0.2) is 23.1 Å². The average Bonchev–Trinajstić information content (AvgIpc) is 2.59. The van der Waals surface area contributed by atoms with Crippen LogP contribution in [0, 0.1) is 6.92 Å². The molecule has 1 aromatic rings. The van der Waals surface area contributed by atoms with E-state index in [1.54, 1.807) is 13.0 Å². The van der Waals surface area contributed by atoms with Crippen LogP contribution in [0.4, 0.5) is 0 Å². The Kier molecular flexibility index (Phi) is 9.83. The zero-order valence-corrected chi connectivity index (χ0v) is 17.1. The molecule has 1 atom stereocenters. The monoisotopic (exact) mass is 384 g/mol. The number of nitrogens with one attached hydrogen (secondary N) is 2. The number of unbranched alkanes of at least 4 members (excludes halogenated alkanes) is 3. The Balaban J connectivity index is 2.78. The predicted molar refractivity (Wildman–Crippen MR) is 104 cm³/mol. The summed E-state index contributed by atoms with van der Waals surface area (Å²) in [6, 6.07) is 4.66. The Labute approximate surface area is 157 Å². The van der Waals surface area contributed by atoms with Crippen molar-refractivity contribution in [2.24, 2.45) is 0 Å². The van der Waals surface area contributed by atoms with Gasteiger partial charge in [0.15, 0.2) is 0 Å². The maximum absolute atomic E-state index is 12.6. The molecular formula is C19H32N2O4S. The van der Waals surface area contributed by atoms with Crippen LogP contribution in [0.25, 0.3) is 0 Å². The number of aryl methyl sites for hydroxylation is 1. The lowest BCUT2D eigenvalue weighted by molar-refractivity contribution is 0.0937. The van der Waals surface area contributed by atoms with Gasteiger partial charge in [0, 0.05) is 25.3 Å². The molecule has 2 N–H and O–H groups in total. The van der Waals surface area contributed by atoms with Crippen molar-refractivity contribution in [2.75, 3.05) is 20.3 Å². The minimum atomic E-state index is -3.66. The minimum Gasteiger partial charge on any atom is -0.383 e. The Morgan fingerprint density at radius 1 is 1.23 bits per heavy atom. The summed E-state index contributed by atoms with van der Waals surface area (Å²) in [5.41, 5.74) is 1.14. The number of ether oxygens (including phenoxy) is 1. The zero-order valence-electron chi connectivity index (χ0n) is 16.3. The molecule has 0 saturated heterocycles. The molecule has 0 aliphatic carbocycles. The fourth-order valence-electron chi connectivity index (χ4n) is 2.63. The van der Waals surface area contributed by atoms with Crippen LogP contribution >= 0.6 is 0 Å². The van der Waals surface area contributed by atoms with Gasteiger partial charge in [0.1, 0.15) is 0 Å². The van der Waals surface area contributed by atoms with E-state index in [1.807, 2.05) is 6.92 Å². The Hall–Kier alpha value is -1.44. The Bertz CT molecular complexity index is 674. The van der Waals surface area contributed by atoms with Gasteiger partial charge in [-0.15, -0.1) is 0 Å². The number of carbonyl (C=O) groups excluding carboxylic acids is 1. The highest BCUT2D eigenvalue weighted by molar-refractivity contribution is 7.89. The van der Waals surface area contributed by atoms with E-state index in [0.29, 0.717) is 5.56 Å². The van der Waals surface area contributed by atoms with Crippen molar-refractivity contribution >= 4 is 15.9 Å². The van der Waals surface area contributed by atoms with E-state index >= 15 is 0 Å². The van der Waals surface area contributed by atoms with E-state index in [-0.39, 0.29) is 30.0 Å². The van der Waals surface area contributed by atoms with E-state index < -0.39 is 10.0 Å². The third-order valence-electron chi connectivity index (χ3n) is 4.23. The normalized spacial score (nSPS) is 12.8. The highest BCUT2D eigenvalue weighted by atomic mass is 32.2. The fraction of sp³-hybridized carbons (Fsp3) is 0.632. The second-order valence-electron chi connectivity index (χ2n) is 6.59. The third kappa shape index (κ3) is 7.43. The van der Waals surface area contributed by atoms with Gasteiger partial charge in [-0.05, 0) is 38.0 Å². The molecule has 0 aliphatic rings. The maximum Gasteiger partial charge on any atom is 0.251 e. The molecule has 0 spiro atoms. The standard InChI is InChI=1S/C19H32N2O4S/c1-5-6-7-8-9-16(3)21-19(22)18-14-17(11-10-15(18)2)26(23,24)20-12-13-25-4/h10-11,14,16,20H,5-9,12-13H2,1-4H3,(H,21,22). The first kappa shape index (κ1) is 22.6. The van der Waals surface area contributed by atoms with Crippen LogP contribution in [0.3, 0.4) is 0 Å². The summed E-state index contributed by atoms with van der Waals surface area (Å²) >= 11 is 0. The molecule has 0 fully saturated rings. The Morgan fingerprint density at radius 3 is 2.62 bits per heavy atom. The molecule has 0 aromatic heterocycles. The number of rotatable bonds is 12. The van der Waals surface area contributed by atoms with Crippen LogP contribution in [-0.2, 0) is 14.8 Å². The molecular weight excluding hydrogens is 352 g/mol. The Morgan fingerprint density at radius 2 is 1.96 bits per heavy atom. The number of sulfonamides is 1. The molecule has 7 heteroatoms. The van der Waals surface area contributed by atoms with Crippen molar-refractivity contribution < 1.29 is 17.9 Å². The van der Waals surface area contributed by atoms with Crippen molar-refractivity contribution in [2.45, 2.75) is 63.8 Å². The fourth-order valence-corrected chi connectivity index (χ4v) is 3.66. The van der Waals surface area contributed by atoms with Gasteiger partial charge in [-0.25, -0.2) is 13.1 Å². The molecule has 0 bridgehead atoms. The first-order valence-corrected chi connectivity index (χ1v) is 10.7. The van der Waals surface area contributed by atoms with Gasteiger partial charge in [0.05, 0.1) is 11.5 Å². The zero-order chi connectivity index (χ0) is 19.6. The lowest BCUT2D eigenvalue weighted by Gasteiger charge is -2.16. The van der Waals surface area contributed by atoms with Gasteiger partial charge in [-0.2, -0.15) is 0 Å². The predicted octanol–water partition coefficient (Wildman–Crippen LogP) is 3.01. The van der Waals surface area contributed by atoms with Gasteiger partial charge >= 0.3 is 0 Å². The second kappa shape index (κ2) is 11.3. The summed E-state index contributed by atoms with van der Waals surface area (Å²) in [4.78, 5) is 12.6. The van der Waals surface area contributed by atoms with E-state index in [0.717, 1.165) is 24.8 Å². The molecule has 148 valence electrons. The highest BCUT2D eigenvalue weighted by Crippen LogP contribution is 2.16. The first-order valence-electron chi connectivity index (χ1n) is 9.22. The van der Waals surface area contributed by atoms with Crippen LogP contribution < -0.4 is 10.0 Å². The van der Waals surface area contributed by atoms with E-state index in [4.69, 9.17) is 4.74 Å². The smallest absolute Gasteiger partial charge is 0.251 e. The van der Waals surface area contributed by atoms with Crippen molar-refractivity contribution in [3.8, 4) is 0 Å². The van der Waals surface area contributed by atoms with Gasteiger partial charge in [0.25, 0.3) is 5.91 Å². The summed E-state index contributed by atoms with van der Waals surface area (Å²) in [6.07, 6.45) is 5.54. The van der Waals surface area contributed by atoms with Gasteiger partial charge in [-0.3, -0.25) is 4.79 Å². The number of carbonyl (C=O) groups is 1. The average molecular weight is 385 g/mol. The number of methoxy groups -OCH3 is 1. The molecule has 6 nitrogen and oxygen atoms in total.